The van der Waals surface area contributed by atoms with Gasteiger partial charge in [0, 0.05) is 26.8 Å². The standard InChI is InChI=1S/C14H28N2O2/c1-5-15-12-7-6-9-16(13(12)17)11-14(2,3)8-10-18-4/h12,15H,5-11H2,1-4H3. The Hall–Kier alpha value is -0.610. The second kappa shape index (κ2) is 7.10. The zero-order valence-corrected chi connectivity index (χ0v) is 12.3. The van der Waals surface area contributed by atoms with Crippen molar-refractivity contribution in [2.75, 3.05) is 33.4 Å². The topological polar surface area (TPSA) is 41.6 Å². The van der Waals surface area contributed by atoms with Crippen molar-refractivity contribution in [1.29, 1.82) is 0 Å². The Morgan fingerprint density at radius 3 is 2.83 bits per heavy atom. The number of nitrogens with zero attached hydrogens (tertiary/aromatic N) is 1. The third kappa shape index (κ3) is 4.58. The lowest BCUT2D eigenvalue weighted by Gasteiger charge is -2.38. The number of hydrogen-bond acceptors (Lipinski definition) is 3. The van der Waals surface area contributed by atoms with Crippen molar-refractivity contribution in [3.05, 3.63) is 0 Å². The van der Waals surface area contributed by atoms with Gasteiger partial charge in [-0.05, 0) is 31.2 Å². The van der Waals surface area contributed by atoms with E-state index in [1.807, 2.05) is 4.90 Å². The first-order chi connectivity index (χ1) is 8.50. The van der Waals surface area contributed by atoms with E-state index in [4.69, 9.17) is 4.74 Å². The van der Waals surface area contributed by atoms with Gasteiger partial charge in [-0.15, -0.1) is 0 Å². The average molecular weight is 256 g/mol. The molecule has 0 radical (unpaired) electrons. The molecule has 1 amide bonds. The molecule has 4 nitrogen and oxygen atoms in total. The summed E-state index contributed by atoms with van der Waals surface area (Å²) in [5.74, 6) is 0.272. The highest BCUT2D eigenvalue weighted by molar-refractivity contribution is 5.82. The molecule has 1 saturated heterocycles. The maximum absolute atomic E-state index is 12.3. The van der Waals surface area contributed by atoms with Gasteiger partial charge in [-0.1, -0.05) is 20.8 Å². The summed E-state index contributed by atoms with van der Waals surface area (Å²) in [4.78, 5) is 14.3. The normalized spacial score (nSPS) is 21.4. The number of rotatable bonds is 7. The Bertz CT molecular complexity index is 265. The highest BCUT2D eigenvalue weighted by Crippen LogP contribution is 2.24. The number of methoxy groups -OCH3 is 1. The maximum Gasteiger partial charge on any atom is 0.239 e. The van der Waals surface area contributed by atoms with Gasteiger partial charge in [0.25, 0.3) is 0 Å². The Morgan fingerprint density at radius 2 is 2.22 bits per heavy atom. The predicted octanol–water partition coefficient (Wildman–Crippen LogP) is 1.65. The van der Waals surface area contributed by atoms with Crippen molar-refractivity contribution in [2.24, 2.45) is 5.41 Å². The van der Waals surface area contributed by atoms with E-state index in [2.05, 4.69) is 26.1 Å². The lowest BCUT2D eigenvalue weighted by molar-refractivity contribution is -0.137. The molecule has 0 aromatic rings. The number of hydrogen-bond donors (Lipinski definition) is 1. The molecule has 1 aliphatic rings. The van der Waals surface area contributed by atoms with E-state index in [1.54, 1.807) is 7.11 Å². The van der Waals surface area contributed by atoms with Crippen molar-refractivity contribution >= 4 is 5.91 Å². The molecule has 4 heteroatoms. The summed E-state index contributed by atoms with van der Waals surface area (Å²) in [7, 11) is 1.73. The molecule has 1 N–H and O–H groups in total. The second-order valence-corrected chi connectivity index (χ2v) is 5.92. The summed E-state index contributed by atoms with van der Waals surface area (Å²) < 4.78 is 5.14. The highest BCUT2D eigenvalue weighted by atomic mass is 16.5. The number of carbonyl (C=O) groups is 1. The number of nitrogens with one attached hydrogen (secondary N) is 1. The second-order valence-electron chi connectivity index (χ2n) is 5.92. The number of likely N-dealkylation sites (N-methyl/N-ethyl adjacent to an activating group) is 1. The van der Waals surface area contributed by atoms with Crippen molar-refractivity contribution < 1.29 is 9.53 Å². The number of ether oxygens (including phenoxy) is 1. The quantitative estimate of drug-likeness (QED) is 0.753. The molecular weight excluding hydrogens is 228 g/mol. The summed E-state index contributed by atoms with van der Waals surface area (Å²) >= 11 is 0. The largest absolute Gasteiger partial charge is 0.385 e. The van der Waals surface area contributed by atoms with E-state index >= 15 is 0 Å². The van der Waals surface area contributed by atoms with Crippen LogP contribution in [0.4, 0.5) is 0 Å². The van der Waals surface area contributed by atoms with Crippen LogP contribution in [0.1, 0.15) is 40.0 Å². The smallest absolute Gasteiger partial charge is 0.239 e. The van der Waals surface area contributed by atoms with Crippen LogP contribution in [-0.4, -0.2) is 50.2 Å². The molecule has 0 bridgehead atoms. The van der Waals surface area contributed by atoms with Crippen LogP contribution in [0.3, 0.4) is 0 Å². The molecular formula is C14H28N2O2. The lowest BCUT2D eigenvalue weighted by Crippen LogP contribution is -2.52. The molecule has 106 valence electrons. The van der Waals surface area contributed by atoms with Gasteiger partial charge in [0.1, 0.15) is 0 Å². The number of piperidine rings is 1. The fourth-order valence-corrected chi connectivity index (χ4v) is 2.51. The van der Waals surface area contributed by atoms with Gasteiger partial charge in [-0.2, -0.15) is 0 Å². The van der Waals surface area contributed by atoms with Crippen molar-refractivity contribution in [1.82, 2.24) is 10.2 Å². The molecule has 18 heavy (non-hydrogen) atoms. The molecule has 0 aromatic heterocycles. The summed E-state index contributed by atoms with van der Waals surface area (Å²) in [5.41, 5.74) is 0.125. The zero-order valence-electron chi connectivity index (χ0n) is 12.3. The van der Waals surface area contributed by atoms with Crippen molar-refractivity contribution in [3.8, 4) is 0 Å². The van der Waals surface area contributed by atoms with Crippen LogP contribution in [0.15, 0.2) is 0 Å². The lowest BCUT2D eigenvalue weighted by atomic mass is 9.88. The Balaban J connectivity index is 2.52. The van der Waals surface area contributed by atoms with Crippen LogP contribution in [-0.2, 0) is 9.53 Å². The van der Waals surface area contributed by atoms with Gasteiger partial charge in [-0.3, -0.25) is 4.79 Å². The molecule has 1 heterocycles. The van der Waals surface area contributed by atoms with Gasteiger partial charge < -0.3 is 15.0 Å². The van der Waals surface area contributed by atoms with Crippen LogP contribution >= 0.6 is 0 Å². The molecule has 0 aromatic carbocycles. The first-order valence-corrected chi connectivity index (χ1v) is 7.01. The molecule has 1 rings (SSSR count). The summed E-state index contributed by atoms with van der Waals surface area (Å²) in [6.07, 6.45) is 3.06. The average Bonchev–Trinajstić information content (AvgIpc) is 2.32. The Labute approximate surface area is 111 Å². The molecule has 1 fully saturated rings. The van der Waals surface area contributed by atoms with E-state index in [9.17, 15) is 4.79 Å². The van der Waals surface area contributed by atoms with Crippen LogP contribution < -0.4 is 5.32 Å². The van der Waals surface area contributed by atoms with Gasteiger partial charge >= 0.3 is 0 Å². The minimum Gasteiger partial charge on any atom is -0.385 e. The third-order valence-electron chi connectivity index (χ3n) is 3.58. The molecule has 0 spiro atoms. The van der Waals surface area contributed by atoms with Crippen LogP contribution in [0.5, 0.6) is 0 Å². The van der Waals surface area contributed by atoms with Gasteiger partial charge in [0.2, 0.25) is 5.91 Å². The fraction of sp³-hybridized carbons (Fsp3) is 0.929. The minimum absolute atomic E-state index is 0.0296. The highest BCUT2D eigenvalue weighted by Gasteiger charge is 2.31. The maximum atomic E-state index is 12.3. The molecule has 0 aliphatic carbocycles. The molecule has 0 saturated carbocycles. The zero-order chi connectivity index (χ0) is 13.6. The van der Waals surface area contributed by atoms with Crippen LogP contribution in [0, 0.1) is 5.41 Å². The fourth-order valence-electron chi connectivity index (χ4n) is 2.51. The SMILES string of the molecule is CCNC1CCCN(CC(C)(C)CCOC)C1=O. The van der Waals surface area contributed by atoms with E-state index in [-0.39, 0.29) is 17.4 Å². The van der Waals surface area contributed by atoms with Crippen molar-refractivity contribution in [3.63, 3.8) is 0 Å². The van der Waals surface area contributed by atoms with E-state index < -0.39 is 0 Å². The monoisotopic (exact) mass is 256 g/mol. The van der Waals surface area contributed by atoms with Gasteiger partial charge in [0.15, 0.2) is 0 Å². The van der Waals surface area contributed by atoms with E-state index in [0.717, 1.165) is 45.5 Å². The third-order valence-corrected chi connectivity index (χ3v) is 3.58. The molecule has 1 atom stereocenters. The van der Waals surface area contributed by atoms with Gasteiger partial charge in [-0.25, -0.2) is 0 Å². The Kier molecular flexibility index (Phi) is 6.09. The minimum atomic E-state index is 0.0296. The first kappa shape index (κ1) is 15.4. The number of likely N-dealkylation sites (tertiary alicyclic amines) is 1. The van der Waals surface area contributed by atoms with Crippen molar-refractivity contribution in [2.45, 2.75) is 46.1 Å². The molecule has 1 aliphatic heterocycles. The summed E-state index contributed by atoms with van der Waals surface area (Å²) in [6.45, 7) is 9.80. The number of amides is 1. The number of carbonyl (C=O) groups excluding carboxylic acids is 1. The first-order valence-electron chi connectivity index (χ1n) is 7.01. The summed E-state index contributed by atoms with van der Waals surface area (Å²) in [5, 5.41) is 3.28. The van der Waals surface area contributed by atoms with Gasteiger partial charge in [0.05, 0.1) is 6.04 Å². The summed E-state index contributed by atoms with van der Waals surface area (Å²) in [6, 6.07) is 0.0296. The van der Waals surface area contributed by atoms with E-state index in [0.29, 0.717) is 0 Å². The molecule has 1 unspecified atom stereocenters. The predicted molar refractivity (Wildman–Crippen MR) is 73.6 cm³/mol. The van der Waals surface area contributed by atoms with Crippen LogP contribution in [0.2, 0.25) is 0 Å². The van der Waals surface area contributed by atoms with Crippen LogP contribution in [0.25, 0.3) is 0 Å². The Morgan fingerprint density at radius 1 is 1.50 bits per heavy atom. The van der Waals surface area contributed by atoms with E-state index in [1.165, 1.54) is 0 Å².